The highest BCUT2D eigenvalue weighted by Gasteiger charge is 2.21. The molecule has 1 N–H and O–H groups in total. The van der Waals surface area contributed by atoms with Gasteiger partial charge in [-0.25, -0.2) is 4.79 Å². The minimum Gasteiger partial charge on any atom is -0.477 e. The average Bonchev–Trinajstić information content (AvgIpc) is 2.90. The number of hydrogen-bond donors (Lipinski definition) is 1. The smallest absolute Gasteiger partial charge is 0.345 e. The molecule has 5 heteroatoms. The van der Waals surface area contributed by atoms with Gasteiger partial charge in [-0.3, -0.25) is 4.68 Å². The van der Waals surface area contributed by atoms with Crippen molar-refractivity contribution in [3.8, 4) is 0 Å². The Kier molecular flexibility index (Phi) is 3.94. The van der Waals surface area contributed by atoms with Crippen molar-refractivity contribution in [2.45, 2.75) is 52.5 Å². The molecule has 0 atom stereocenters. The maximum atomic E-state index is 11.2. The molecule has 2 heterocycles. The molecule has 0 aliphatic rings. The minimum absolute atomic E-state index is 0.300. The maximum Gasteiger partial charge on any atom is 0.345 e. The number of carbonyl (C=O) groups is 1. The molecule has 0 fully saturated rings. The molecule has 4 nitrogen and oxygen atoms in total. The van der Waals surface area contributed by atoms with E-state index in [1.165, 1.54) is 11.3 Å². The summed E-state index contributed by atoms with van der Waals surface area (Å²) in [6.45, 7) is 8.47. The van der Waals surface area contributed by atoms with E-state index in [1.54, 1.807) is 6.07 Å². The van der Waals surface area contributed by atoms with E-state index in [4.69, 9.17) is 10.2 Å². The van der Waals surface area contributed by atoms with Crippen molar-refractivity contribution in [1.29, 1.82) is 0 Å². The third-order valence-corrected chi connectivity index (χ3v) is 4.57. The van der Waals surface area contributed by atoms with Gasteiger partial charge in [-0.15, -0.1) is 11.3 Å². The molecule has 0 amide bonds. The number of aromatic nitrogens is 2. The van der Waals surface area contributed by atoms with E-state index in [2.05, 4.69) is 27.7 Å². The first-order valence-corrected chi connectivity index (χ1v) is 7.56. The van der Waals surface area contributed by atoms with Gasteiger partial charge in [0.05, 0.1) is 11.7 Å². The molecular weight excluding hydrogens is 260 g/mol. The summed E-state index contributed by atoms with van der Waals surface area (Å²) < 4.78 is 2.03. The highest BCUT2D eigenvalue weighted by molar-refractivity contribution is 7.20. The minimum atomic E-state index is -0.855. The van der Waals surface area contributed by atoms with Gasteiger partial charge in [0.2, 0.25) is 0 Å². The Bertz CT molecular complexity index is 594. The molecule has 0 bridgehead atoms. The SMILES string of the molecule is CCC(CC)n1nc(C(C)C)c2cc(C(=O)O)sc21. The van der Waals surface area contributed by atoms with Crippen molar-refractivity contribution in [1.82, 2.24) is 9.78 Å². The quantitative estimate of drug-likeness (QED) is 0.889. The summed E-state index contributed by atoms with van der Waals surface area (Å²) in [5.74, 6) is -0.554. The molecule has 0 aliphatic heterocycles. The van der Waals surface area contributed by atoms with E-state index in [-0.39, 0.29) is 0 Å². The van der Waals surface area contributed by atoms with Crippen LogP contribution in [0, 0.1) is 0 Å². The van der Waals surface area contributed by atoms with Crippen LogP contribution in [-0.4, -0.2) is 20.9 Å². The van der Waals surface area contributed by atoms with E-state index in [9.17, 15) is 4.79 Å². The number of nitrogens with zero attached hydrogens (tertiary/aromatic N) is 2. The van der Waals surface area contributed by atoms with Gasteiger partial charge in [0.1, 0.15) is 9.71 Å². The van der Waals surface area contributed by atoms with Crippen LogP contribution in [0.2, 0.25) is 0 Å². The molecule has 0 aromatic carbocycles. The van der Waals surface area contributed by atoms with Crippen molar-refractivity contribution in [2.75, 3.05) is 0 Å². The van der Waals surface area contributed by atoms with Gasteiger partial charge in [0.25, 0.3) is 0 Å². The highest BCUT2D eigenvalue weighted by atomic mass is 32.1. The van der Waals surface area contributed by atoms with E-state index in [1.807, 2.05) is 4.68 Å². The summed E-state index contributed by atoms with van der Waals surface area (Å²) in [6, 6.07) is 2.11. The van der Waals surface area contributed by atoms with Gasteiger partial charge >= 0.3 is 5.97 Å². The number of carboxylic acid groups (broad SMARTS) is 1. The van der Waals surface area contributed by atoms with Crippen LogP contribution in [0.4, 0.5) is 0 Å². The predicted octanol–water partition coefficient (Wildman–Crippen LogP) is 4.28. The van der Waals surface area contributed by atoms with Gasteiger partial charge in [0.15, 0.2) is 0 Å². The third kappa shape index (κ3) is 2.39. The normalized spacial score (nSPS) is 11.9. The lowest BCUT2D eigenvalue weighted by Gasteiger charge is -2.13. The number of rotatable bonds is 5. The van der Waals surface area contributed by atoms with Crippen LogP contribution in [0.1, 0.15) is 67.9 Å². The topological polar surface area (TPSA) is 55.1 Å². The zero-order valence-electron chi connectivity index (χ0n) is 11.8. The Morgan fingerprint density at radius 2 is 2.05 bits per heavy atom. The van der Waals surface area contributed by atoms with Crippen LogP contribution in [0.3, 0.4) is 0 Å². The molecule has 0 saturated heterocycles. The Hall–Kier alpha value is -1.36. The van der Waals surface area contributed by atoms with E-state index in [0.29, 0.717) is 16.8 Å². The van der Waals surface area contributed by atoms with Gasteiger partial charge in [-0.1, -0.05) is 27.7 Å². The second-order valence-corrected chi connectivity index (χ2v) is 6.12. The van der Waals surface area contributed by atoms with Gasteiger partial charge in [0, 0.05) is 5.39 Å². The fourth-order valence-electron chi connectivity index (χ4n) is 2.36. The van der Waals surface area contributed by atoms with Crippen molar-refractivity contribution in [2.24, 2.45) is 0 Å². The number of hydrogen-bond acceptors (Lipinski definition) is 3. The summed E-state index contributed by atoms with van der Waals surface area (Å²) in [7, 11) is 0. The van der Waals surface area contributed by atoms with Crippen molar-refractivity contribution >= 4 is 27.5 Å². The number of carboxylic acids is 1. The zero-order valence-corrected chi connectivity index (χ0v) is 12.6. The molecule has 2 aromatic heterocycles. The Balaban J connectivity index is 2.66. The fraction of sp³-hybridized carbons (Fsp3) is 0.571. The first-order valence-electron chi connectivity index (χ1n) is 6.74. The monoisotopic (exact) mass is 280 g/mol. The Morgan fingerprint density at radius 3 is 2.53 bits per heavy atom. The van der Waals surface area contributed by atoms with Crippen molar-refractivity contribution in [3.05, 3.63) is 16.6 Å². The van der Waals surface area contributed by atoms with Crippen LogP contribution in [-0.2, 0) is 0 Å². The molecule has 0 spiro atoms. The summed E-state index contributed by atoms with van der Waals surface area (Å²) in [4.78, 5) is 12.5. The number of aromatic carboxylic acids is 1. The third-order valence-electron chi connectivity index (χ3n) is 3.46. The van der Waals surface area contributed by atoms with E-state index < -0.39 is 5.97 Å². The molecule has 2 aromatic rings. The van der Waals surface area contributed by atoms with Crippen LogP contribution >= 0.6 is 11.3 Å². The van der Waals surface area contributed by atoms with Gasteiger partial charge in [-0.05, 0) is 24.8 Å². The van der Waals surface area contributed by atoms with Crippen LogP contribution in [0.5, 0.6) is 0 Å². The number of thiophene rings is 1. The molecule has 0 saturated carbocycles. The highest BCUT2D eigenvalue weighted by Crippen LogP contribution is 2.34. The van der Waals surface area contributed by atoms with E-state index >= 15 is 0 Å². The van der Waals surface area contributed by atoms with Crippen LogP contribution in [0.25, 0.3) is 10.2 Å². The van der Waals surface area contributed by atoms with Gasteiger partial charge in [-0.2, -0.15) is 5.10 Å². The second kappa shape index (κ2) is 5.33. The van der Waals surface area contributed by atoms with Crippen molar-refractivity contribution in [3.63, 3.8) is 0 Å². The standard InChI is InChI=1S/C14H20N2O2S/c1-5-9(6-2)16-13-10(12(15-16)8(3)4)7-11(19-13)14(17)18/h7-9H,5-6H2,1-4H3,(H,17,18). The molecule has 19 heavy (non-hydrogen) atoms. The maximum absolute atomic E-state index is 11.2. The fourth-order valence-corrected chi connectivity index (χ4v) is 3.39. The first-order chi connectivity index (χ1) is 8.99. The lowest BCUT2D eigenvalue weighted by atomic mass is 10.1. The summed E-state index contributed by atoms with van der Waals surface area (Å²) >= 11 is 1.33. The summed E-state index contributed by atoms with van der Waals surface area (Å²) in [5, 5.41) is 14.9. The number of fused-ring (bicyclic) bond motifs is 1. The second-order valence-electron chi connectivity index (χ2n) is 5.09. The molecule has 0 unspecified atom stereocenters. The first kappa shape index (κ1) is 14.1. The van der Waals surface area contributed by atoms with Crippen LogP contribution < -0.4 is 0 Å². The van der Waals surface area contributed by atoms with Crippen LogP contribution in [0.15, 0.2) is 6.07 Å². The predicted molar refractivity (Wildman–Crippen MR) is 78.3 cm³/mol. The summed E-state index contributed by atoms with van der Waals surface area (Å²) in [5.41, 5.74) is 1.01. The van der Waals surface area contributed by atoms with Crippen molar-refractivity contribution < 1.29 is 9.90 Å². The Labute approximate surface area is 117 Å². The largest absolute Gasteiger partial charge is 0.477 e. The average molecular weight is 280 g/mol. The molecule has 0 radical (unpaired) electrons. The van der Waals surface area contributed by atoms with Gasteiger partial charge < -0.3 is 5.11 Å². The molecular formula is C14H20N2O2S. The molecule has 2 rings (SSSR count). The lowest BCUT2D eigenvalue weighted by Crippen LogP contribution is -2.08. The summed E-state index contributed by atoms with van der Waals surface area (Å²) in [6.07, 6.45) is 2.01. The Morgan fingerprint density at radius 1 is 1.42 bits per heavy atom. The van der Waals surface area contributed by atoms with E-state index in [0.717, 1.165) is 28.8 Å². The molecule has 104 valence electrons. The zero-order chi connectivity index (χ0) is 14.2. The molecule has 0 aliphatic carbocycles. The lowest BCUT2D eigenvalue weighted by molar-refractivity contribution is 0.0702.